The Kier molecular flexibility index (Phi) is 2.94. The number of morpholine rings is 1. The average molecular weight is 241 g/mol. The third-order valence-corrected chi connectivity index (χ3v) is 3.11. The molecule has 2 aromatic rings. The van der Waals surface area contributed by atoms with E-state index in [0.29, 0.717) is 0 Å². The molecule has 1 aliphatic heterocycles. The summed E-state index contributed by atoms with van der Waals surface area (Å²) >= 11 is 0. The maximum Gasteiger partial charge on any atom is 0.129 e. The molecule has 0 atom stereocenters. The summed E-state index contributed by atoms with van der Waals surface area (Å²) in [5.41, 5.74) is 2.82. The number of anilines is 1. The highest BCUT2D eigenvalue weighted by Crippen LogP contribution is 2.18. The minimum Gasteiger partial charge on any atom is -0.378 e. The molecule has 0 bridgehead atoms. The first-order valence-electron chi connectivity index (χ1n) is 6.09. The molecule has 92 valence electrons. The molecule has 0 radical (unpaired) electrons. The number of pyridine rings is 2. The third-order valence-electron chi connectivity index (χ3n) is 3.11. The highest BCUT2D eigenvalue weighted by atomic mass is 16.5. The lowest BCUT2D eigenvalue weighted by Gasteiger charge is -2.27. The van der Waals surface area contributed by atoms with Gasteiger partial charge in [-0.3, -0.25) is 4.98 Å². The summed E-state index contributed by atoms with van der Waals surface area (Å²) in [5.74, 6) is 0.994. The first kappa shape index (κ1) is 11.2. The SMILES string of the molecule is C=Cc1cnc2ccc(N3CCOCC3)nc2c1. The number of hydrogen-bond donors (Lipinski definition) is 0. The first-order valence-corrected chi connectivity index (χ1v) is 6.09. The Morgan fingerprint density at radius 2 is 2.06 bits per heavy atom. The van der Waals surface area contributed by atoms with Gasteiger partial charge in [0, 0.05) is 19.3 Å². The maximum atomic E-state index is 5.35. The van der Waals surface area contributed by atoms with E-state index in [2.05, 4.69) is 21.4 Å². The normalized spacial score (nSPS) is 15.9. The molecular formula is C14H15N3O. The van der Waals surface area contributed by atoms with Gasteiger partial charge in [-0.25, -0.2) is 4.98 Å². The third kappa shape index (κ3) is 2.07. The van der Waals surface area contributed by atoms with Crippen LogP contribution in [0.15, 0.2) is 31.0 Å². The smallest absolute Gasteiger partial charge is 0.129 e. The maximum absolute atomic E-state index is 5.35. The number of fused-ring (bicyclic) bond motifs is 1. The molecule has 0 aromatic carbocycles. The second kappa shape index (κ2) is 4.74. The van der Waals surface area contributed by atoms with Gasteiger partial charge in [0.05, 0.1) is 24.2 Å². The van der Waals surface area contributed by atoms with E-state index in [1.54, 1.807) is 6.08 Å². The summed E-state index contributed by atoms with van der Waals surface area (Å²) in [6.45, 7) is 7.08. The number of ether oxygens (including phenoxy) is 1. The standard InChI is InChI=1S/C14H15N3O/c1-2-11-9-13-12(15-10-11)3-4-14(16-13)17-5-7-18-8-6-17/h2-4,9-10H,1,5-8H2. The van der Waals surface area contributed by atoms with Crippen LogP contribution < -0.4 is 4.90 Å². The molecule has 1 fully saturated rings. The van der Waals surface area contributed by atoms with Crippen molar-refractivity contribution < 1.29 is 4.74 Å². The summed E-state index contributed by atoms with van der Waals surface area (Å²) in [6.07, 6.45) is 3.60. The van der Waals surface area contributed by atoms with E-state index in [9.17, 15) is 0 Å². The predicted molar refractivity (Wildman–Crippen MR) is 72.7 cm³/mol. The van der Waals surface area contributed by atoms with Crippen LogP contribution in [-0.2, 0) is 4.74 Å². The first-order chi connectivity index (χ1) is 8.86. The zero-order chi connectivity index (χ0) is 12.4. The lowest BCUT2D eigenvalue weighted by molar-refractivity contribution is 0.122. The van der Waals surface area contributed by atoms with Crippen LogP contribution in [0.1, 0.15) is 5.56 Å². The van der Waals surface area contributed by atoms with Gasteiger partial charge >= 0.3 is 0 Å². The van der Waals surface area contributed by atoms with Crippen molar-refractivity contribution in [1.82, 2.24) is 9.97 Å². The summed E-state index contributed by atoms with van der Waals surface area (Å²) in [4.78, 5) is 11.3. The number of rotatable bonds is 2. The van der Waals surface area contributed by atoms with Crippen LogP contribution in [-0.4, -0.2) is 36.3 Å². The fourth-order valence-electron chi connectivity index (χ4n) is 2.09. The molecule has 1 saturated heterocycles. The molecular weight excluding hydrogens is 226 g/mol. The lowest BCUT2D eigenvalue weighted by atomic mass is 10.2. The Morgan fingerprint density at radius 1 is 1.22 bits per heavy atom. The fourth-order valence-corrected chi connectivity index (χ4v) is 2.09. The van der Waals surface area contributed by atoms with Gasteiger partial charge in [0.25, 0.3) is 0 Å². The van der Waals surface area contributed by atoms with Crippen LogP contribution in [0.25, 0.3) is 17.1 Å². The van der Waals surface area contributed by atoms with Crippen molar-refractivity contribution >= 4 is 22.9 Å². The van der Waals surface area contributed by atoms with Crippen LogP contribution in [0.3, 0.4) is 0 Å². The molecule has 0 aliphatic carbocycles. The molecule has 2 aromatic heterocycles. The molecule has 3 heterocycles. The largest absolute Gasteiger partial charge is 0.378 e. The van der Waals surface area contributed by atoms with Crippen molar-refractivity contribution in [2.24, 2.45) is 0 Å². The molecule has 1 aliphatic rings. The van der Waals surface area contributed by atoms with Gasteiger partial charge in [-0.05, 0) is 23.8 Å². The second-order valence-electron chi connectivity index (χ2n) is 4.28. The Labute approximate surface area is 106 Å². The number of nitrogens with zero attached hydrogens (tertiary/aromatic N) is 3. The zero-order valence-corrected chi connectivity index (χ0v) is 10.2. The number of aromatic nitrogens is 2. The van der Waals surface area contributed by atoms with Crippen LogP contribution in [0, 0.1) is 0 Å². The van der Waals surface area contributed by atoms with Crippen molar-refractivity contribution in [3.8, 4) is 0 Å². The molecule has 3 rings (SSSR count). The van der Waals surface area contributed by atoms with Gasteiger partial charge in [-0.2, -0.15) is 0 Å². The van der Waals surface area contributed by atoms with Crippen molar-refractivity contribution in [2.75, 3.05) is 31.2 Å². The topological polar surface area (TPSA) is 38.2 Å². The molecule has 0 unspecified atom stereocenters. The van der Waals surface area contributed by atoms with E-state index in [0.717, 1.165) is 48.7 Å². The summed E-state index contributed by atoms with van der Waals surface area (Å²) in [7, 11) is 0. The van der Waals surface area contributed by atoms with Gasteiger partial charge in [0.15, 0.2) is 0 Å². The van der Waals surface area contributed by atoms with E-state index in [4.69, 9.17) is 4.74 Å². The zero-order valence-electron chi connectivity index (χ0n) is 10.2. The Hall–Kier alpha value is -1.94. The summed E-state index contributed by atoms with van der Waals surface area (Å²) in [6, 6.07) is 6.05. The molecule has 0 N–H and O–H groups in total. The van der Waals surface area contributed by atoms with Gasteiger partial charge in [-0.1, -0.05) is 12.7 Å². The molecule has 4 nitrogen and oxygen atoms in total. The molecule has 4 heteroatoms. The Morgan fingerprint density at radius 3 is 2.83 bits per heavy atom. The molecule has 0 spiro atoms. The van der Waals surface area contributed by atoms with Gasteiger partial charge in [-0.15, -0.1) is 0 Å². The van der Waals surface area contributed by atoms with Crippen LogP contribution in [0.5, 0.6) is 0 Å². The van der Waals surface area contributed by atoms with Crippen molar-refractivity contribution in [2.45, 2.75) is 0 Å². The van der Waals surface area contributed by atoms with Crippen molar-refractivity contribution in [3.63, 3.8) is 0 Å². The minimum absolute atomic E-state index is 0.769. The van der Waals surface area contributed by atoms with E-state index in [1.807, 2.05) is 24.4 Å². The predicted octanol–water partition coefficient (Wildman–Crippen LogP) is 2.11. The summed E-state index contributed by atoms with van der Waals surface area (Å²) in [5, 5.41) is 0. The molecule has 18 heavy (non-hydrogen) atoms. The quantitative estimate of drug-likeness (QED) is 0.807. The minimum atomic E-state index is 0.769. The number of hydrogen-bond acceptors (Lipinski definition) is 4. The molecule has 0 saturated carbocycles. The highest BCUT2D eigenvalue weighted by Gasteiger charge is 2.12. The fraction of sp³-hybridized carbons (Fsp3) is 0.286. The van der Waals surface area contributed by atoms with Crippen molar-refractivity contribution in [3.05, 3.63) is 36.5 Å². The Bertz CT molecular complexity index is 576. The lowest BCUT2D eigenvalue weighted by Crippen LogP contribution is -2.36. The van der Waals surface area contributed by atoms with Gasteiger partial charge < -0.3 is 9.64 Å². The van der Waals surface area contributed by atoms with E-state index < -0.39 is 0 Å². The average Bonchev–Trinajstić information content (AvgIpc) is 2.47. The summed E-state index contributed by atoms with van der Waals surface area (Å²) < 4.78 is 5.35. The van der Waals surface area contributed by atoms with Crippen molar-refractivity contribution in [1.29, 1.82) is 0 Å². The molecule has 0 amide bonds. The van der Waals surface area contributed by atoms with Crippen LogP contribution in [0.4, 0.5) is 5.82 Å². The highest BCUT2D eigenvalue weighted by molar-refractivity contribution is 5.78. The monoisotopic (exact) mass is 241 g/mol. The van der Waals surface area contributed by atoms with Crippen LogP contribution in [0.2, 0.25) is 0 Å². The van der Waals surface area contributed by atoms with Gasteiger partial charge in [0.2, 0.25) is 0 Å². The van der Waals surface area contributed by atoms with E-state index in [-0.39, 0.29) is 0 Å². The van der Waals surface area contributed by atoms with Crippen LogP contribution >= 0.6 is 0 Å². The van der Waals surface area contributed by atoms with Gasteiger partial charge in [0.1, 0.15) is 5.82 Å². The van der Waals surface area contributed by atoms with E-state index >= 15 is 0 Å². The van der Waals surface area contributed by atoms with E-state index in [1.165, 1.54) is 0 Å². The Balaban J connectivity index is 2.00. The second-order valence-corrected chi connectivity index (χ2v) is 4.28.